The van der Waals surface area contributed by atoms with Crippen molar-refractivity contribution in [2.24, 2.45) is 0 Å². The maximum atomic E-state index is 5.60. The SMILES string of the molecule is CC(C)=COCCC1OCC1c1ccccc1. The van der Waals surface area contributed by atoms with E-state index in [2.05, 4.69) is 30.3 Å². The molecule has 0 amide bonds. The molecule has 2 nitrogen and oxygen atoms in total. The first-order valence-electron chi connectivity index (χ1n) is 6.19. The van der Waals surface area contributed by atoms with E-state index in [-0.39, 0.29) is 0 Å². The van der Waals surface area contributed by atoms with Crippen molar-refractivity contribution in [2.45, 2.75) is 32.3 Å². The number of hydrogen-bond acceptors (Lipinski definition) is 2. The first kappa shape index (κ1) is 12.2. The second kappa shape index (κ2) is 5.87. The lowest BCUT2D eigenvalue weighted by molar-refractivity contribution is -0.0868. The van der Waals surface area contributed by atoms with Crippen LogP contribution in [0.1, 0.15) is 31.7 Å². The van der Waals surface area contributed by atoms with Crippen LogP contribution in [0.2, 0.25) is 0 Å². The largest absolute Gasteiger partial charge is 0.501 e. The zero-order valence-electron chi connectivity index (χ0n) is 10.6. The molecule has 92 valence electrons. The van der Waals surface area contributed by atoms with Gasteiger partial charge in [0.2, 0.25) is 0 Å². The van der Waals surface area contributed by atoms with Crippen molar-refractivity contribution in [3.63, 3.8) is 0 Å². The standard InChI is InChI=1S/C15H20O2/c1-12(2)10-16-9-8-15-14(11-17-15)13-6-4-3-5-7-13/h3-7,10,14-15H,8-9,11H2,1-2H3. The molecule has 1 aliphatic rings. The Labute approximate surface area is 103 Å². The van der Waals surface area contributed by atoms with Gasteiger partial charge in [0.15, 0.2) is 0 Å². The van der Waals surface area contributed by atoms with Gasteiger partial charge in [-0.05, 0) is 25.0 Å². The fraction of sp³-hybridized carbons (Fsp3) is 0.467. The summed E-state index contributed by atoms with van der Waals surface area (Å²) < 4.78 is 11.0. The zero-order valence-corrected chi connectivity index (χ0v) is 10.6. The average molecular weight is 232 g/mol. The Morgan fingerprint density at radius 3 is 2.71 bits per heavy atom. The highest BCUT2D eigenvalue weighted by Crippen LogP contribution is 2.32. The molecule has 0 spiro atoms. The van der Waals surface area contributed by atoms with Crippen LogP contribution in [-0.2, 0) is 9.47 Å². The van der Waals surface area contributed by atoms with Gasteiger partial charge in [0.05, 0.1) is 25.6 Å². The summed E-state index contributed by atoms with van der Waals surface area (Å²) >= 11 is 0. The fourth-order valence-electron chi connectivity index (χ4n) is 2.03. The monoisotopic (exact) mass is 232 g/mol. The Bertz CT molecular complexity index is 366. The minimum absolute atomic E-state index is 0.322. The summed E-state index contributed by atoms with van der Waals surface area (Å²) in [6.45, 7) is 5.65. The van der Waals surface area contributed by atoms with Crippen molar-refractivity contribution in [3.8, 4) is 0 Å². The van der Waals surface area contributed by atoms with Gasteiger partial charge in [-0.2, -0.15) is 0 Å². The number of allylic oxidation sites excluding steroid dienone is 1. The summed E-state index contributed by atoms with van der Waals surface area (Å²) in [5.41, 5.74) is 2.57. The third-order valence-corrected chi connectivity index (χ3v) is 3.01. The Kier molecular flexibility index (Phi) is 4.21. The molecule has 2 atom stereocenters. The van der Waals surface area contributed by atoms with E-state index < -0.39 is 0 Å². The second-order valence-electron chi connectivity index (χ2n) is 4.74. The van der Waals surface area contributed by atoms with Crippen LogP contribution >= 0.6 is 0 Å². The van der Waals surface area contributed by atoms with Gasteiger partial charge in [0.25, 0.3) is 0 Å². The summed E-state index contributed by atoms with van der Waals surface area (Å²) in [5, 5.41) is 0. The van der Waals surface area contributed by atoms with E-state index in [0.29, 0.717) is 12.0 Å². The summed E-state index contributed by atoms with van der Waals surface area (Å²) in [6, 6.07) is 10.6. The van der Waals surface area contributed by atoms with E-state index in [1.54, 1.807) is 0 Å². The van der Waals surface area contributed by atoms with E-state index in [9.17, 15) is 0 Å². The zero-order chi connectivity index (χ0) is 12.1. The molecule has 0 aromatic heterocycles. The van der Waals surface area contributed by atoms with Gasteiger partial charge < -0.3 is 9.47 Å². The molecular formula is C15H20O2. The van der Waals surface area contributed by atoms with Gasteiger partial charge in [-0.25, -0.2) is 0 Å². The van der Waals surface area contributed by atoms with Crippen molar-refractivity contribution >= 4 is 0 Å². The van der Waals surface area contributed by atoms with Gasteiger partial charge in [0.1, 0.15) is 0 Å². The van der Waals surface area contributed by atoms with Crippen molar-refractivity contribution in [1.29, 1.82) is 0 Å². The van der Waals surface area contributed by atoms with Gasteiger partial charge in [0, 0.05) is 12.3 Å². The van der Waals surface area contributed by atoms with Crippen LogP contribution < -0.4 is 0 Å². The van der Waals surface area contributed by atoms with Gasteiger partial charge in [-0.3, -0.25) is 0 Å². The highest BCUT2D eigenvalue weighted by atomic mass is 16.5. The predicted octanol–water partition coefficient (Wildman–Crippen LogP) is 3.50. The van der Waals surface area contributed by atoms with Crippen molar-refractivity contribution in [2.75, 3.05) is 13.2 Å². The van der Waals surface area contributed by atoms with Crippen LogP contribution in [0.3, 0.4) is 0 Å². The molecule has 2 unspecified atom stereocenters. The highest BCUT2D eigenvalue weighted by molar-refractivity contribution is 5.22. The topological polar surface area (TPSA) is 18.5 Å². The van der Waals surface area contributed by atoms with Crippen LogP contribution in [0.15, 0.2) is 42.2 Å². The number of rotatable bonds is 5. The van der Waals surface area contributed by atoms with Crippen LogP contribution in [0.4, 0.5) is 0 Å². The van der Waals surface area contributed by atoms with Gasteiger partial charge >= 0.3 is 0 Å². The third kappa shape index (κ3) is 3.34. The Hall–Kier alpha value is -1.28. The number of benzene rings is 1. The second-order valence-corrected chi connectivity index (χ2v) is 4.74. The molecule has 0 saturated carbocycles. The van der Waals surface area contributed by atoms with Crippen LogP contribution in [0.25, 0.3) is 0 Å². The Morgan fingerprint density at radius 2 is 2.12 bits per heavy atom. The molecule has 17 heavy (non-hydrogen) atoms. The first-order valence-corrected chi connectivity index (χ1v) is 6.19. The summed E-state index contributed by atoms with van der Waals surface area (Å²) in [7, 11) is 0. The van der Waals surface area contributed by atoms with Gasteiger partial charge in [-0.1, -0.05) is 30.3 Å². The quantitative estimate of drug-likeness (QED) is 0.571. The fourth-order valence-corrected chi connectivity index (χ4v) is 2.03. The molecule has 1 heterocycles. The van der Waals surface area contributed by atoms with E-state index in [1.165, 1.54) is 11.1 Å². The highest BCUT2D eigenvalue weighted by Gasteiger charge is 2.32. The lowest BCUT2D eigenvalue weighted by Gasteiger charge is -2.37. The van der Waals surface area contributed by atoms with E-state index in [1.807, 2.05) is 20.1 Å². The lowest BCUT2D eigenvalue weighted by Crippen LogP contribution is -2.38. The van der Waals surface area contributed by atoms with Crippen LogP contribution in [0.5, 0.6) is 0 Å². The molecule has 1 aromatic rings. The molecule has 0 N–H and O–H groups in total. The minimum atomic E-state index is 0.322. The molecule has 1 aromatic carbocycles. The molecule has 2 rings (SSSR count). The minimum Gasteiger partial charge on any atom is -0.501 e. The van der Waals surface area contributed by atoms with E-state index in [0.717, 1.165) is 19.6 Å². The molecule has 0 aliphatic carbocycles. The van der Waals surface area contributed by atoms with Crippen molar-refractivity contribution in [3.05, 3.63) is 47.7 Å². The predicted molar refractivity (Wildman–Crippen MR) is 68.9 cm³/mol. The normalized spacial score (nSPS) is 22.7. The van der Waals surface area contributed by atoms with Crippen molar-refractivity contribution in [1.82, 2.24) is 0 Å². The van der Waals surface area contributed by atoms with E-state index in [4.69, 9.17) is 9.47 Å². The maximum Gasteiger partial charge on any atom is 0.0898 e. The first-order chi connectivity index (χ1) is 8.27. The summed E-state index contributed by atoms with van der Waals surface area (Å²) in [4.78, 5) is 0. The third-order valence-electron chi connectivity index (χ3n) is 3.01. The van der Waals surface area contributed by atoms with Crippen LogP contribution in [-0.4, -0.2) is 19.3 Å². The van der Waals surface area contributed by atoms with Gasteiger partial charge in [-0.15, -0.1) is 0 Å². The van der Waals surface area contributed by atoms with Crippen molar-refractivity contribution < 1.29 is 9.47 Å². The van der Waals surface area contributed by atoms with Crippen LogP contribution in [0, 0.1) is 0 Å². The Morgan fingerprint density at radius 1 is 1.35 bits per heavy atom. The molecule has 1 fully saturated rings. The average Bonchev–Trinajstić information content (AvgIpc) is 2.28. The number of hydrogen-bond donors (Lipinski definition) is 0. The summed E-state index contributed by atoms with van der Waals surface area (Å²) in [5.74, 6) is 0.548. The maximum absolute atomic E-state index is 5.60. The molecule has 0 bridgehead atoms. The molecule has 0 radical (unpaired) electrons. The summed E-state index contributed by atoms with van der Waals surface area (Å²) in [6.07, 6.45) is 3.10. The smallest absolute Gasteiger partial charge is 0.0898 e. The number of ether oxygens (including phenoxy) is 2. The molecule has 2 heteroatoms. The lowest BCUT2D eigenvalue weighted by atomic mass is 9.88. The molecular weight excluding hydrogens is 212 g/mol. The molecule has 1 aliphatic heterocycles. The molecule has 1 saturated heterocycles. The van der Waals surface area contributed by atoms with E-state index >= 15 is 0 Å². The Balaban J connectivity index is 1.78.